The van der Waals surface area contributed by atoms with E-state index in [-0.39, 0.29) is 5.69 Å². The number of hydrogen-bond donors (Lipinski definition) is 3. The third kappa shape index (κ3) is 4.84. The number of benzene rings is 1. The third-order valence-electron chi connectivity index (χ3n) is 3.09. The molecular formula is C14H17N5O5S. The van der Waals surface area contributed by atoms with E-state index < -0.39 is 27.4 Å². The lowest BCUT2D eigenvalue weighted by Crippen LogP contribution is -2.51. The molecule has 10 nitrogen and oxygen atoms in total. The second-order valence-electron chi connectivity index (χ2n) is 5.86. The van der Waals surface area contributed by atoms with E-state index >= 15 is 0 Å². The zero-order valence-electron chi connectivity index (χ0n) is 13.7. The number of carboxylic acids is 1. The van der Waals surface area contributed by atoms with Gasteiger partial charge in [0.25, 0.3) is 0 Å². The number of amides is 1. The fourth-order valence-corrected chi connectivity index (χ4v) is 3.03. The molecule has 0 bridgehead atoms. The van der Waals surface area contributed by atoms with E-state index in [2.05, 4.69) is 20.4 Å². The molecule has 11 heteroatoms. The highest BCUT2D eigenvalue weighted by Crippen LogP contribution is 2.16. The summed E-state index contributed by atoms with van der Waals surface area (Å²) in [5.41, 5.74) is -0.703. The predicted molar refractivity (Wildman–Crippen MR) is 89.0 cm³/mol. The lowest BCUT2D eigenvalue weighted by molar-refractivity contribution is -0.120. The van der Waals surface area contributed by atoms with Gasteiger partial charge in [0.2, 0.25) is 15.9 Å². The van der Waals surface area contributed by atoms with Crippen LogP contribution < -0.4 is 10.0 Å². The molecule has 0 aliphatic carbocycles. The maximum absolute atomic E-state index is 12.3. The molecule has 0 saturated carbocycles. The summed E-state index contributed by atoms with van der Waals surface area (Å²) in [6.45, 7) is 2.87. The Balaban J connectivity index is 2.21. The minimum absolute atomic E-state index is 0.215. The van der Waals surface area contributed by atoms with E-state index in [1.807, 2.05) is 0 Å². The monoisotopic (exact) mass is 367 g/mol. The maximum Gasteiger partial charge on any atom is 0.358 e. The van der Waals surface area contributed by atoms with Gasteiger partial charge in [-0.05, 0) is 32.0 Å². The SMILES string of the molecule is CC(C)(NS(C)(=O)=O)C(=O)Nc1cccc(-n2cc(C(=O)O)nn2)c1. The van der Waals surface area contributed by atoms with Crippen LogP contribution in [0, 0.1) is 0 Å². The normalized spacial score (nSPS) is 12.0. The van der Waals surface area contributed by atoms with Crippen molar-refractivity contribution in [1.29, 1.82) is 0 Å². The molecule has 2 aromatic rings. The van der Waals surface area contributed by atoms with Gasteiger partial charge in [0, 0.05) is 5.69 Å². The van der Waals surface area contributed by atoms with Crippen LogP contribution in [0.25, 0.3) is 5.69 Å². The maximum atomic E-state index is 12.3. The minimum atomic E-state index is -3.56. The Hall–Kier alpha value is -2.79. The molecule has 0 saturated heterocycles. The molecule has 0 aliphatic rings. The van der Waals surface area contributed by atoms with Crippen molar-refractivity contribution in [1.82, 2.24) is 19.7 Å². The van der Waals surface area contributed by atoms with Crippen LogP contribution in [0.5, 0.6) is 0 Å². The van der Waals surface area contributed by atoms with Crippen LogP contribution in [-0.4, -0.2) is 52.2 Å². The zero-order valence-corrected chi connectivity index (χ0v) is 14.5. The fraction of sp³-hybridized carbons (Fsp3) is 0.286. The summed E-state index contributed by atoms with van der Waals surface area (Å²) >= 11 is 0. The molecule has 1 aromatic carbocycles. The first-order valence-electron chi connectivity index (χ1n) is 7.04. The van der Waals surface area contributed by atoms with Gasteiger partial charge in [-0.1, -0.05) is 11.3 Å². The van der Waals surface area contributed by atoms with Crippen molar-refractivity contribution in [3.8, 4) is 5.69 Å². The van der Waals surface area contributed by atoms with E-state index in [4.69, 9.17) is 5.11 Å². The molecule has 0 fully saturated rings. The molecule has 134 valence electrons. The zero-order chi connectivity index (χ0) is 18.8. The first-order valence-corrected chi connectivity index (χ1v) is 8.93. The number of carboxylic acid groups (broad SMARTS) is 1. The Morgan fingerprint density at radius 2 is 1.96 bits per heavy atom. The molecule has 25 heavy (non-hydrogen) atoms. The van der Waals surface area contributed by atoms with E-state index in [0.717, 1.165) is 6.26 Å². The quantitative estimate of drug-likeness (QED) is 0.663. The Bertz CT molecular complexity index is 919. The average Bonchev–Trinajstić information content (AvgIpc) is 2.95. The van der Waals surface area contributed by atoms with Crippen molar-refractivity contribution in [2.24, 2.45) is 0 Å². The molecule has 2 rings (SSSR count). The standard InChI is InChI=1S/C14H17N5O5S/c1-14(2,17-25(3,23)24)13(22)15-9-5-4-6-10(7-9)19-8-11(12(20)21)16-18-19/h4-8,17H,1-3H3,(H,15,22)(H,20,21). The molecule has 1 heterocycles. The number of hydrogen-bond acceptors (Lipinski definition) is 6. The smallest absolute Gasteiger partial charge is 0.358 e. The predicted octanol–water partition coefficient (Wildman–Crippen LogP) is 0.232. The van der Waals surface area contributed by atoms with Crippen molar-refractivity contribution < 1.29 is 23.1 Å². The lowest BCUT2D eigenvalue weighted by Gasteiger charge is -2.23. The van der Waals surface area contributed by atoms with Gasteiger partial charge >= 0.3 is 5.97 Å². The summed E-state index contributed by atoms with van der Waals surface area (Å²) in [5, 5.41) is 18.7. The van der Waals surface area contributed by atoms with Gasteiger partial charge in [-0.15, -0.1) is 5.10 Å². The van der Waals surface area contributed by atoms with Crippen LogP contribution in [0.15, 0.2) is 30.5 Å². The van der Waals surface area contributed by atoms with Crippen LogP contribution in [0.3, 0.4) is 0 Å². The molecule has 0 aliphatic heterocycles. The van der Waals surface area contributed by atoms with Gasteiger partial charge in [-0.2, -0.15) is 0 Å². The molecular weight excluding hydrogens is 350 g/mol. The minimum Gasteiger partial charge on any atom is -0.476 e. The average molecular weight is 367 g/mol. The Labute approximate surface area is 143 Å². The summed E-state index contributed by atoms with van der Waals surface area (Å²) < 4.78 is 26.2. The fourth-order valence-electron chi connectivity index (χ4n) is 2.01. The second-order valence-corrected chi connectivity index (χ2v) is 7.61. The highest BCUT2D eigenvalue weighted by molar-refractivity contribution is 7.88. The van der Waals surface area contributed by atoms with E-state index in [1.54, 1.807) is 24.3 Å². The van der Waals surface area contributed by atoms with Gasteiger partial charge in [-0.3, -0.25) is 4.79 Å². The summed E-state index contributed by atoms with van der Waals surface area (Å²) in [5.74, 6) is -1.76. The summed E-state index contributed by atoms with van der Waals surface area (Å²) in [4.78, 5) is 23.2. The van der Waals surface area contributed by atoms with Crippen LogP contribution >= 0.6 is 0 Å². The third-order valence-corrected chi connectivity index (χ3v) is 3.97. The van der Waals surface area contributed by atoms with Gasteiger partial charge in [0.05, 0.1) is 18.1 Å². The van der Waals surface area contributed by atoms with Gasteiger partial charge in [-0.25, -0.2) is 22.6 Å². The number of anilines is 1. The van der Waals surface area contributed by atoms with E-state index in [9.17, 15) is 18.0 Å². The molecule has 0 atom stereocenters. The van der Waals surface area contributed by atoms with Crippen LogP contribution in [0.2, 0.25) is 0 Å². The van der Waals surface area contributed by atoms with Crippen molar-refractivity contribution in [2.45, 2.75) is 19.4 Å². The first-order chi connectivity index (χ1) is 11.5. The highest BCUT2D eigenvalue weighted by atomic mass is 32.2. The van der Waals surface area contributed by atoms with Gasteiger partial charge in [0.15, 0.2) is 5.69 Å². The van der Waals surface area contributed by atoms with Crippen LogP contribution in [0.4, 0.5) is 5.69 Å². The number of aromatic nitrogens is 3. The number of carbonyl (C=O) groups excluding carboxylic acids is 1. The molecule has 1 aromatic heterocycles. The van der Waals surface area contributed by atoms with Gasteiger partial charge < -0.3 is 10.4 Å². The number of rotatable bonds is 6. The lowest BCUT2D eigenvalue weighted by atomic mass is 10.1. The summed E-state index contributed by atoms with van der Waals surface area (Å²) in [7, 11) is -3.56. The molecule has 1 amide bonds. The number of nitrogens with one attached hydrogen (secondary N) is 2. The van der Waals surface area contributed by atoms with E-state index in [1.165, 1.54) is 24.7 Å². The molecule has 0 spiro atoms. The highest BCUT2D eigenvalue weighted by Gasteiger charge is 2.30. The molecule has 3 N–H and O–H groups in total. The molecule has 0 radical (unpaired) electrons. The van der Waals surface area contributed by atoms with Crippen molar-refractivity contribution in [2.75, 3.05) is 11.6 Å². The van der Waals surface area contributed by atoms with Crippen LogP contribution in [-0.2, 0) is 14.8 Å². The van der Waals surface area contributed by atoms with Crippen LogP contribution in [0.1, 0.15) is 24.3 Å². The largest absolute Gasteiger partial charge is 0.476 e. The number of aromatic carboxylic acids is 1. The van der Waals surface area contributed by atoms with Crippen molar-refractivity contribution in [3.63, 3.8) is 0 Å². The Morgan fingerprint density at radius 3 is 2.52 bits per heavy atom. The number of nitrogens with zero attached hydrogens (tertiary/aromatic N) is 3. The van der Waals surface area contributed by atoms with Crippen molar-refractivity contribution >= 4 is 27.6 Å². The van der Waals surface area contributed by atoms with E-state index in [0.29, 0.717) is 11.4 Å². The Morgan fingerprint density at radius 1 is 1.28 bits per heavy atom. The number of carbonyl (C=O) groups is 2. The molecule has 0 unspecified atom stereocenters. The van der Waals surface area contributed by atoms with Gasteiger partial charge in [0.1, 0.15) is 5.54 Å². The summed E-state index contributed by atoms with van der Waals surface area (Å²) in [6.07, 6.45) is 2.20. The summed E-state index contributed by atoms with van der Waals surface area (Å²) in [6, 6.07) is 6.43. The van der Waals surface area contributed by atoms with Crippen molar-refractivity contribution in [3.05, 3.63) is 36.2 Å². The first kappa shape index (κ1) is 18.5. The topological polar surface area (TPSA) is 143 Å². The number of sulfonamides is 1. The second kappa shape index (κ2) is 6.61. The Kier molecular flexibility index (Phi) is 4.90.